The van der Waals surface area contributed by atoms with Crippen LogP contribution in [0.2, 0.25) is 0 Å². The minimum absolute atomic E-state index is 0.119. The smallest absolute Gasteiger partial charge is 0.239 e. The number of hydrogen-bond acceptors (Lipinski definition) is 3. The lowest BCUT2D eigenvalue weighted by atomic mass is 9.83. The summed E-state index contributed by atoms with van der Waals surface area (Å²) in [5.41, 5.74) is -0.466. The van der Waals surface area contributed by atoms with Gasteiger partial charge in [0.25, 0.3) is 0 Å². The van der Waals surface area contributed by atoms with Crippen LogP contribution in [0.15, 0.2) is 0 Å². The van der Waals surface area contributed by atoms with Crippen LogP contribution < -0.4 is 10.6 Å². The van der Waals surface area contributed by atoms with Crippen molar-refractivity contribution >= 4 is 5.91 Å². The van der Waals surface area contributed by atoms with Gasteiger partial charge in [-0.05, 0) is 52.7 Å². The third kappa shape index (κ3) is 2.23. The van der Waals surface area contributed by atoms with Gasteiger partial charge in [-0.3, -0.25) is 4.79 Å². The molecule has 0 spiro atoms. The van der Waals surface area contributed by atoms with Crippen molar-refractivity contribution in [1.29, 1.82) is 0 Å². The Hall–Kier alpha value is -0.610. The molecule has 92 valence electrons. The molecule has 0 saturated carbocycles. The predicted molar refractivity (Wildman–Crippen MR) is 64.2 cm³/mol. The molecule has 3 heterocycles. The molecule has 0 aromatic rings. The number of hydrogen-bond donors (Lipinski definition) is 2. The van der Waals surface area contributed by atoms with Gasteiger partial charge in [0.05, 0.1) is 5.54 Å². The van der Waals surface area contributed by atoms with Crippen molar-refractivity contribution in [2.75, 3.05) is 26.7 Å². The molecule has 0 aliphatic carbocycles. The standard InChI is InChI=1S/C12H23N3O/c1-12(2,13-3)11(16)14-10-8-15-6-4-9(10)5-7-15/h9-10,13H,4-8H2,1-3H3,(H,14,16). The van der Waals surface area contributed by atoms with E-state index in [1.165, 1.54) is 25.9 Å². The van der Waals surface area contributed by atoms with E-state index < -0.39 is 5.54 Å². The maximum absolute atomic E-state index is 12.0. The summed E-state index contributed by atoms with van der Waals surface area (Å²) in [5.74, 6) is 0.815. The van der Waals surface area contributed by atoms with Crippen molar-refractivity contribution in [3.8, 4) is 0 Å². The average Bonchev–Trinajstić information content (AvgIpc) is 2.30. The number of fused-ring (bicyclic) bond motifs is 3. The second-order valence-corrected chi connectivity index (χ2v) is 5.59. The van der Waals surface area contributed by atoms with Gasteiger partial charge in [-0.15, -0.1) is 0 Å². The van der Waals surface area contributed by atoms with E-state index in [0.717, 1.165) is 6.54 Å². The lowest BCUT2D eigenvalue weighted by Crippen LogP contribution is -2.61. The van der Waals surface area contributed by atoms with Crippen LogP contribution in [0.1, 0.15) is 26.7 Å². The lowest BCUT2D eigenvalue weighted by molar-refractivity contribution is -0.128. The first-order valence-corrected chi connectivity index (χ1v) is 6.25. The summed E-state index contributed by atoms with van der Waals surface area (Å²) in [7, 11) is 1.83. The topological polar surface area (TPSA) is 44.4 Å². The van der Waals surface area contributed by atoms with Crippen molar-refractivity contribution in [3.05, 3.63) is 0 Å². The van der Waals surface area contributed by atoms with Crippen molar-refractivity contribution in [2.45, 2.75) is 38.3 Å². The van der Waals surface area contributed by atoms with E-state index in [9.17, 15) is 4.79 Å². The summed E-state index contributed by atoms with van der Waals surface area (Å²) in [6.07, 6.45) is 2.48. The van der Waals surface area contributed by atoms with Crippen LogP contribution in [0.5, 0.6) is 0 Å². The molecular formula is C12H23N3O. The molecule has 3 fully saturated rings. The highest BCUT2D eigenvalue weighted by molar-refractivity contribution is 5.85. The van der Waals surface area contributed by atoms with E-state index in [4.69, 9.17) is 0 Å². The number of carbonyl (C=O) groups is 1. The van der Waals surface area contributed by atoms with E-state index in [-0.39, 0.29) is 5.91 Å². The molecule has 3 aliphatic heterocycles. The molecule has 1 amide bonds. The molecular weight excluding hydrogens is 202 g/mol. The van der Waals surface area contributed by atoms with Crippen molar-refractivity contribution in [3.63, 3.8) is 0 Å². The first kappa shape index (κ1) is 11.9. The van der Waals surface area contributed by atoms with E-state index in [1.807, 2.05) is 20.9 Å². The van der Waals surface area contributed by atoms with Crippen LogP contribution in [0.3, 0.4) is 0 Å². The van der Waals surface area contributed by atoms with Gasteiger partial charge in [0.2, 0.25) is 5.91 Å². The summed E-state index contributed by atoms with van der Waals surface area (Å²) >= 11 is 0. The fraction of sp³-hybridized carbons (Fsp3) is 0.917. The lowest BCUT2D eigenvalue weighted by Gasteiger charge is -2.45. The van der Waals surface area contributed by atoms with Crippen molar-refractivity contribution in [2.24, 2.45) is 5.92 Å². The number of nitrogens with one attached hydrogen (secondary N) is 2. The van der Waals surface area contributed by atoms with Gasteiger partial charge in [0, 0.05) is 12.6 Å². The van der Waals surface area contributed by atoms with Crippen LogP contribution in [0.4, 0.5) is 0 Å². The van der Waals surface area contributed by atoms with E-state index >= 15 is 0 Å². The van der Waals surface area contributed by atoms with Gasteiger partial charge in [0.1, 0.15) is 0 Å². The molecule has 1 unspecified atom stereocenters. The number of likely N-dealkylation sites (N-methyl/N-ethyl adjacent to an activating group) is 1. The monoisotopic (exact) mass is 225 g/mol. The van der Waals surface area contributed by atoms with Crippen LogP contribution in [-0.4, -0.2) is 49.1 Å². The Labute approximate surface area is 97.8 Å². The Morgan fingerprint density at radius 1 is 1.31 bits per heavy atom. The molecule has 4 heteroatoms. The Kier molecular flexibility index (Phi) is 3.22. The minimum atomic E-state index is -0.466. The van der Waals surface area contributed by atoms with Crippen LogP contribution >= 0.6 is 0 Å². The molecule has 0 aromatic heterocycles. The fourth-order valence-corrected chi connectivity index (χ4v) is 2.59. The quantitative estimate of drug-likeness (QED) is 0.721. The Bertz CT molecular complexity index is 269. The number of carbonyl (C=O) groups excluding carboxylic acids is 1. The van der Waals surface area contributed by atoms with Crippen LogP contribution in [-0.2, 0) is 4.79 Å². The SMILES string of the molecule is CNC(C)(C)C(=O)NC1CN2CCC1CC2. The third-order valence-electron chi connectivity index (χ3n) is 4.17. The zero-order chi connectivity index (χ0) is 11.8. The second-order valence-electron chi connectivity index (χ2n) is 5.59. The van der Waals surface area contributed by atoms with Crippen LogP contribution in [0.25, 0.3) is 0 Å². The zero-order valence-electron chi connectivity index (χ0n) is 10.5. The first-order chi connectivity index (χ1) is 7.53. The average molecular weight is 225 g/mol. The molecule has 0 aromatic carbocycles. The van der Waals surface area contributed by atoms with Gasteiger partial charge >= 0.3 is 0 Å². The minimum Gasteiger partial charge on any atom is -0.350 e. The predicted octanol–water partition coefficient (Wildman–Crippen LogP) is 0.195. The van der Waals surface area contributed by atoms with Gasteiger partial charge in [-0.1, -0.05) is 0 Å². The molecule has 2 bridgehead atoms. The van der Waals surface area contributed by atoms with Crippen LogP contribution in [0, 0.1) is 5.92 Å². The van der Waals surface area contributed by atoms with Gasteiger partial charge in [-0.25, -0.2) is 0 Å². The Morgan fingerprint density at radius 2 is 1.94 bits per heavy atom. The molecule has 2 N–H and O–H groups in total. The molecule has 3 saturated heterocycles. The molecule has 3 rings (SSSR count). The van der Waals surface area contributed by atoms with Gasteiger partial charge in [0.15, 0.2) is 0 Å². The van der Waals surface area contributed by atoms with Crippen molar-refractivity contribution in [1.82, 2.24) is 15.5 Å². The zero-order valence-corrected chi connectivity index (χ0v) is 10.5. The number of amides is 1. The van der Waals surface area contributed by atoms with E-state index in [2.05, 4.69) is 15.5 Å². The molecule has 4 nitrogen and oxygen atoms in total. The maximum atomic E-state index is 12.0. The van der Waals surface area contributed by atoms with E-state index in [1.54, 1.807) is 0 Å². The summed E-state index contributed by atoms with van der Waals surface area (Å²) in [4.78, 5) is 14.5. The van der Waals surface area contributed by atoms with Gasteiger partial charge in [-0.2, -0.15) is 0 Å². The Balaban J connectivity index is 1.93. The highest BCUT2D eigenvalue weighted by atomic mass is 16.2. The number of rotatable bonds is 3. The Morgan fingerprint density at radius 3 is 2.38 bits per heavy atom. The third-order valence-corrected chi connectivity index (χ3v) is 4.17. The molecule has 16 heavy (non-hydrogen) atoms. The fourth-order valence-electron chi connectivity index (χ4n) is 2.59. The molecule has 3 aliphatic rings. The first-order valence-electron chi connectivity index (χ1n) is 6.25. The second kappa shape index (κ2) is 4.34. The number of nitrogens with zero attached hydrogens (tertiary/aromatic N) is 1. The van der Waals surface area contributed by atoms with Crippen molar-refractivity contribution < 1.29 is 4.79 Å². The van der Waals surface area contributed by atoms with Gasteiger partial charge < -0.3 is 15.5 Å². The summed E-state index contributed by atoms with van der Waals surface area (Å²) in [5, 5.41) is 6.25. The molecule has 1 atom stereocenters. The maximum Gasteiger partial charge on any atom is 0.239 e. The molecule has 0 radical (unpaired) electrons. The largest absolute Gasteiger partial charge is 0.350 e. The highest BCUT2D eigenvalue weighted by Gasteiger charge is 2.37. The van der Waals surface area contributed by atoms with E-state index in [0.29, 0.717) is 12.0 Å². The number of piperidine rings is 3. The normalized spacial score (nSPS) is 33.8. The highest BCUT2D eigenvalue weighted by Crippen LogP contribution is 2.27. The summed E-state index contributed by atoms with van der Waals surface area (Å²) < 4.78 is 0. The summed E-state index contributed by atoms with van der Waals surface area (Å²) in [6, 6.07) is 0.364. The summed E-state index contributed by atoms with van der Waals surface area (Å²) in [6.45, 7) is 7.31.